The zero-order valence-corrected chi connectivity index (χ0v) is 10.2. The zero-order chi connectivity index (χ0) is 11.8. The molecule has 3 heterocycles. The second kappa shape index (κ2) is 4.22. The maximum absolute atomic E-state index is 11.5. The van der Waals surface area contributed by atoms with Gasteiger partial charge in [0.15, 0.2) is 5.82 Å². The number of rotatable bonds is 3. The van der Waals surface area contributed by atoms with Gasteiger partial charge in [0.05, 0.1) is 0 Å². The lowest BCUT2D eigenvalue weighted by Crippen LogP contribution is -2.44. The molecule has 2 unspecified atom stereocenters. The van der Waals surface area contributed by atoms with Crippen LogP contribution in [0.3, 0.4) is 0 Å². The van der Waals surface area contributed by atoms with Crippen molar-refractivity contribution in [1.82, 2.24) is 19.7 Å². The molecule has 0 aliphatic carbocycles. The summed E-state index contributed by atoms with van der Waals surface area (Å²) in [6.07, 6.45) is 6.52. The van der Waals surface area contributed by atoms with Crippen LogP contribution in [0.5, 0.6) is 0 Å². The van der Waals surface area contributed by atoms with Gasteiger partial charge in [0.25, 0.3) is 0 Å². The summed E-state index contributed by atoms with van der Waals surface area (Å²) in [5.74, 6) is 1.36. The Labute approximate surface area is 101 Å². The molecule has 92 valence electrons. The topological polar surface area (TPSA) is 51.0 Å². The van der Waals surface area contributed by atoms with Gasteiger partial charge in [-0.25, -0.2) is 4.98 Å². The van der Waals surface area contributed by atoms with Crippen LogP contribution in [0.2, 0.25) is 0 Å². The van der Waals surface area contributed by atoms with Crippen molar-refractivity contribution in [1.29, 1.82) is 0 Å². The number of aromatic nitrogens is 3. The van der Waals surface area contributed by atoms with E-state index in [2.05, 4.69) is 15.0 Å². The molecule has 2 fully saturated rings. The molecule has 17 heavy (non-hydrogen) atoms. The van der Waals surface area contributed by atoms with E-state index in [1.165, 1.54) is 12.8 Å². The van der Waals surface area contributed by atoms with E-state index in [4.69, 9.17) is 0 Å². The molecule has 0 N–H and O–H groups in total. The molecule has 0 spiro atoms. The van der Waals surface area contributed by atoms with Gasteiger partial charge in [-0.2, -0.15) is 5.10 Å². The summed E-state index contributed by atoms with van der Waals surface area (Å²) in [4.78, 5) is 18.2. The van der Waals surface area contributed by atoms with Crippen LogP contribution in [0.25, 0.3) is 0 Å². The number of Topliss-reactive ketones (excluding diaryl/α,β-unsaturated/α-hetero) is 1. The third-order valence-corrected chi connectivity index (χ3v) is 3.94. The summed E-state index contributed by atoms with van der Waals surface area (Å²) in [5, 5.41) is 4.29. The van der Waals surface area contributed by atoms with Crippen molar-refractivity contribution in [3.05, 3.63) is 12.2 Å². The van der Waals surface area contributed by atoms with Gasteiger partial charge in [-0.1, -0.05) is 0 Å². The van der Waals surface area contributed by atoms with Gasteiger partial charge in [0.1, 0.15) is 12.1 Å². The van der Waals surface area contributed by atoms with Crippen molar-refractivity contribution in [2.45, 2.75) is 44.2 Å². The quantitative estimate of drug-likeness (QED) is 0.766. The highest BCUT2D eigenvalue weighted by atomic mass is 16.1. The van der Waals surface area contributed by atoms with Gasteiger partial charge >= 0.3 is 0 Å². The molecule has 1 aromatic heterocycles. The average Bonchev–Trinajstić information content (AvgIpc) is 2.79. The van der Waals surface area contributed by atoms with Gasteiger partial charge < -0.3 is 0 Å². The Balaban J connectivity index is 1.61. The van der Waals surface area contributed by atoms with Crippen molar-refractivity contribution in [3.63, 3.8) is 0 Å². The van der Waals surface area contributed by atoms with Crippen LogP contribution in [0.1, 0.15) is 31.5 Å². The molecule has 2 aliphatic rings. The van der Waals surface area contributed by atoms with E-state index in [1.807, 2.05) is 7.05 Å². The van der Waals surface area contributed by atoms with Crippen molar-refractivity contribution in [3.8, 4) is 0 Å². The molecule has 0 aromatic carbocycles. The molecule has 0 saturated carbocycles. The van der Waals surface area contributed by atoms with E-state index in [-0.39, 0.29) is 0 Å². The fourth-order valence-corrected chi connectivity index (χ4v) is 3.15. The van der Waals surface area contributed by atoms with Crippen LogP contribution in [0, 0.1) is 0 Å². The Morgan fingerprint density at radius 3 is 2.65 bits per heavy atom. The molecule has 2 bridgehead atoms. The van der Waals surface area contributed by atoms with E-state index in [0.717, 1.165) is 31.6 Å². The summed E-state index contributed by atoms with van der Waals surface area (Å²) in [7, 11) is 1.89. The third-order valence-electron chi connectivity index (χ3n) is 3.94. The minimum Gasteiger partial charge on any atom is -0.300 e. The minimum atomic E-state index is 0.449. The van der Waals surface area contributed by atoms with Gasteiger partial charge in [-0.3, -0.25) is 14.4 Å². The Kier molecular flexibility index (Phi) is 2.70. The van der Waals surface area contributed by atoms with Crippen LogP contribution >= 0.6 is 0 Å². The van der Waals surface area contributed by atoms with Gasteiger partial charge in [-0.15, -0.1) is 0 Å². The maximum Gasteiger partial charge on any atom is 0.151 e. The first kappa shape index (κ1) is 10.9. The highest BCUT2D eigenvalue weighted by Gasteiger charge is 2.39. The number of nitrogens with zero attached hydrogens (tertiary/aromatic N) is 4. The number of hydrogen-bond donors (Lipinski definition) is 0. The van der Waals surface area contributed by atoms with Gasteiger partial charge in [0, 0.05) is 44.9 Å². The summed E-state index contributed by atoms with van der Waals surface area (Å²) < 4.78 is 1.74. The Morgan fingerprint density at radius 2 is 2.06 bits per heavy atom. The molecule has 0 amide bonds. The number of ketones is 1. The number of hydrogen-bond acceptors (Lipinski definition) is 4. The molecular weight excluding hydrogens is 216 g/mol. The van der Waals surface area contributed by atoms with E-state index in [1.54, 1.807) is 11.0 Å². The Morgan fingerprint density at radius 1 is 1.35 bits per heavy atom. The number of aryl methyl sites for hydroxylation is 1. The lowest BCUT2D eigenvalue weighted by atomic mass is 10.0. The second-order valence-electron chi connectivity index (χ2n) is 5.15. The lowest BCUT2D eigenvalue weighted by Gasteiger charge is -2.33. The van der Waals surface area contributed by atoms with Crippen LogP contribution in [-0.2, 0) is 18.3 Å². The van der Waals surface area contributed by atoms with Crippen LogP contribution in [0.4, 0.5) is 0 Å². The van der Waals surface area contributed by atoms with E-state index in [9.17, 15) is 4.79 Å². The molecule has 3 rings (SSSR count). The predicted octanol–water partition coefficient (Wildman–Crippen LogP) is 0.553. The fraction of sp³-hybridized carbons (Fsp3) is 0.750. The highest BCUT2D eigenvalue weighted by Crippen LogP contribution is 2.33. The number of carbonyl (C=O) groups excluding carboxylic acids is 1. The Bertz CT molecular complexity index is 412. The first-order valence-corrected chi connectivity index (χ1v) is 6.34. The minimum absolute atomic E-state index is 0.449. The number of fused-ring (bicyclic) bond motifs is 2. The molecule has 5 heteroatoms. The molecule has 1 aromatic rings. The smallest absolute Gasteiger partial charge is 0.151 e. The summed E-state index contributed by atoms with van der Waals surface area (Å²) >= 11 is 0. The SMILES string of the molecule is Cn1cnc(CCN2C3CCC2CC(=O)C3)n1. The van der Waals surface area contributed by atoms with Crippen LogP contribution in [-0.4, -0.2) is 44.1 Å². The van der Waals surface area contributed by atoms with E-state index >= 15 is 0 Å². The van der Waals surface area contributed by atoms with Crippen molar-refractivity contribution < 1.29 is 4.79 Å². The largest absolute Gasteiger partial charge is 0.300 e. The molecule has 2 atom stereocenters. The van der Waals surface area contributed by atoms with E-state index in [0.29, 0.717) is 17.9 Å². The maximum atomic E-state index is 11.5. The van der Waals surface area contributed by atoms with Crippen molar-refractivity contribution in [2.24, 2.45) is 7.05 Å². The zero-order valence-electron chi connectivity index (χ0n) is 10.2. The summed E-state index contributed by atoms with van der Waals surface area (Å²) in [5.41, 5.74) is 0. The third kappa shape index (κ3) is 2.11. The second-order valence-corrected chi connectivity index (χ2v) is 5.15. The summed E-state index contributed by atoms with van der Waals surface area (Å²) in [6.45, 7) is 0.993. The molecule has 2 aliphatic heterocycles. The monoisotopic (exact) mass is 234 g/mol. The molecule has 0 radical (unpaired) electrons. The average molecular weight is 234 g/mol. The molecule has 5 nitrogen and oxygen atoms in total. The first-order valence-electron chi connectivity index (χ1n) is 6.34. The predicted molar refractivity (Wildman–Crippen MR) is 62.5 cm³/mol. The van der Waals surface area contributed by atoms with Crippen LogP contribution < -0.4 is 0 Å². The van der Waals surface area contributed by atoms with Crippen molar-refractivity contribution >= 4 is 5.78 Å². The van der Waals surface area contributed by atoms with Crippen LogP contribution in [0.15, 0.2) is 6.33 Å². The lowest BCUT2D eigenvalue weighted by molar-refractivity contribution is -0.123. The first-order chi connectivity index (χ1) is 8.22. The van der Waals surface area contributed by atoms with Gasteiger partial charge in [0.2, 0.25) is 0 Å². The highest BCUT2D eigenvalue weighted by molar-refractivity contribution is 5.80. The Hall–Kier alpha value is -1.23. The molecule has 2 saturated heterocycles. The van der Waals surface area contributed by atoms with Crippen molar-refractivity contribution in [2.75, 3.05) is 6.54 Å². The summed E-state index contributed by atoms with van der Waals surface area (Å²) in [6, 6.07) is 0.981. The fourth-order valence-electron chi connectivity index (χ4n) is 3.15. The van der Waals surface area contributed by atoms with Gasteiger partial charge in [-0.05, 0) is 12.8 Å². The normalized spacial score (nSPS) is 28.9. The number of piperidine rings is 1. The number of carbonyl (C=O) groups is 1. The van der Waals surface area contributed by atoms with E-state index < -0.39 is 0 Å². The molecular formula is C12H18N4O. The standard InChI is InChI=1S/C12H18N4O/c1-15-8-13-12(14-15)4-5-16-9-2-3-10(16)7-11(17)6-9/h8-10H,2-7H2,1H3.